The first-order valence-electron chi connectivity index (χ1n) is 6.07. The van der Waals surface area contributed by atoms with Crippen LogP contribution in [0.25, 0.3) is 0 Å². The van der Waals surface area contributed by atoms with Crippen LogP contribution < -0.4 is 5.32 Å². The summed E-state index contributed by atoms with van der Waals surface area (Å²) in [6.07, 6.45) is 0.848. The fraction of sp³-hybridized carbons (Fsp3) is 0.571. The number of nitrogens with one attached hydrogen (secondary N) is 1. The van der Waals surface area contributed by atoms with Gasteiger partial charge in [-0.25, -0.2) is 0 Å². The Kier molecular flexibility index (Phi) is 5.47. The highest BCUT2D eigenvalue weighted by atomic mass is 35.5. The molecule has 1 aromatic rings. The average Bonchev–Trinajstić information content (AvgIpc) is 2.29. The summed E-state index contributed by atoms with van der Waals surface area (Å²) in [7, 11) is 6.15. The molecule has 0 saturated heterocycles. The van der Waals surface area contributed by atoms with Crippen molar-refractivity contribution in [1.82, 2.24) is 10.2 Å². The molecule has 0 spiro atoms. The number of rotatable bonds is 5. The van der Waals surface area contributed by atoms with Gasteiger partial charge in [-0.3, -0.25) is 0 Å². The zero-order valence-corrected chi connectivity index (χ0v) is 13.2. The van der Waals surface area contributed by atoms with Crippen molar-refractivity contribution in [3.8, 4) is 0 Å². The number of halogens is 2. The van der Waals surface area contributed by atoms with Gasteiger partial charge >= 0.3 is 0 Å². The quantitative estimate of drug-likeness (QED) is 0.893. The molecule has 18 heavy (non-hydrogen) atoms. The lowest BCUT2D eigenvalue weighted by Gasteiger charge is -2.40. The van der Waals surface area contributed by atoms with Crippen LogP contribution in [-0.4, -0.2) is 37.6 Å². The summed E-state index contributed by atoms with van der Waals surface area (Å²) in [5.74, 6) is 0. The van der Waals surface area contributed by atoms with Crippen LogP contribution in [0.3, 0.4) is 0 Å². The molecule has 2 nitrogen and oxygen atoms in total. The molecule has 1 N–H and O–H groups in total. The molecule has 0 heterocycles. The highest BCUT2D eigenvalue weighted by Crippen LogP contribution is 2.25. The zero-order valence-electron chi connectivity index (χ0n) is 11.7. The van der Waals surface area contributed by atoms with E-state index in [2.05, 4.69) is 38.2 Å². The monoisotopic (exact) mass is 288 g/mol. The molecule has 0 radical (unpaired) electrons. The smallest absolute Gasteiger partial charge is 0.0439 e. The van der Waals surface area contributed by atoms with Gasteiger partial charge < -0.3 is 10.2 Å². The minimum absolute atomic E-state index is 0.0282. The number of hydrogen-bond acceptors (Lipinski definition) is 2. The molecule has 1 atom stereocenters. The van der Waals surface area contributed by atoms with E-state index in [0.29, 0.717) is 6.04 Å². The molecular weight excluding hydrogens is 267 g/mol. The Morgan fingerprint density at radius 2 is 1.89 bits per heavy atom. The number of hydrogen-bond donors (Lipinski definition) is 1. The van der Waals surface area contributed by atoms with E-state index in [1.54, 1.807) is 0 Å². The van der Waals surface area contributed by atoms with Crippen molar-refractivity contribution in [1.29, 1.82) is 0 Å². The molecule has 1 unspecified atom stereocenters. The standard InChI is InChI=1S/C14H22Cl2N2/c1-14(2,18(4)5)13(17-3)9-10-8-11(15)6-7-12(10)16/h6-8,13,17H,9H2,1-5H3. The lowest BCUT2D eigenvalue weighted by atomic mass is 9.88. The summed E-state index contributed by atoms with van der Waals surface area (Å²) in [5, 5.41) is 4.88. The first kappa shape index (κ1) is 15.8. The van der Waals surface area contributed by atoms with Crippen molar-refractivity contribution in [2.45, 2.75) is 31.8 Å². The molecule has 0 aliphatic rings. The van der Waals surface area contributed by atoms with Crippen LogP contribution in [0.15, 0.2) is 18.2 Å². The van der Waals surface area contributed by atoms with E-state index >= 15 is 0 Å². The average molecular weight is 289 g/mol. The molecule has 1 aromatic carbocycles. The largest absolute Gasteiger partial charge is 0.315 e. The maximum absolute atomic E-state index is 6.23. The van der Waals surface area contributed by atoms with Gasteiger partial charge in [0.05, 0.1) is 0 Å². The van der Waals surface area contributed by atoms with Gasteiger partial charge in [-0.1, -0.05) is 23.2 Å². The second-order valence-corrected chi connectivity index (χ2v) is 6.17. The number of nitrogens with zero attached hydrogens (tertiary/aromatic N) is 1. The number of benzene rings is 1. The van der Waals surface area contributed by atoms with E-state index < -0.39 is 0 Å². The molecule has 0 fully saturated rings. The second-order valence-electron chi connectivity index (χ2n) is 5.33. The van der Waals surface area contributed by atoms with Gasteiger partial charge in [0.1, 0.15) is 0 Å². The summed E-state index contributed by atoms with van der Waals surface area (Å²) in [6.45, 7) is 4.43. The summed E-state index contributed by atoms with van der Waals surface area (Å²) in [4.78, 5) is 2.21. The lowest BCUT2D eigenvalue weighted by molar-refractivity contribution is 0.141. The van der Waals surface area contributed by atoms with Gasteiger partial charge in [0, 0.05) is 21.6 Å². The maximum Gasteiger partial charge on any atom is 0.0439 e. The molecule has 4 heteroatoms. The number of likely N-dealkylation sites (N-methyl/N-ethyl adjacent to an activating group) is 2. The van der Waals surface area contributed by atoms with Crippen LogP contribution in [0.5, 0.6) is 0 Å². The molecule has 0 aliphatic carbocycles. The first-order valence-corrected chi connectivity index (χ1v) is 6.83. The van der Waals surface area contributed by atoms with Crippen molar-refractivity contribution < 1.29 is 0 Å². The molecule has 0 saturated carbocycles. The van der Waals surface area contributed by atoms with E-state index in [1.807, 2.05) is 25.2 Å². The highest BCUT2D eigenvalue weighted by molar-refractivity contribution is 6.33. The third kappa shape index (κ3) is 3.61. The van der Waals surface area contributed by atoms with Crippen molar-refractivity contribution in [3.63, 3.8) is 0 Å². The Bertz CT molecular complexity index is 403. The van der Waals surface area contributed by atoms with Gasteiger partial charge in [-0.05, 0) is 65.2 Å². The third-order valence-corrected chi connectivity index (χ3v) is 4.39. The fourth-order valence-corrected chi connectivity index (χ4v) is 2.33. The minimum Gasteiger partial charge on any atom is -0.315 e. The summed E-state index contributed by atoms with van der Waals surface area (Å²) < 4.78 is 0. The van der Waals surface area contributed by atoms with Crippen LogP contribution >= 0.6 is 23.2 Å². The van der Waals surface area contributed by atoms with E-state index in [0.717, 1.165) is 22.0 Å². The Morgan fingerprint density at radius 3 is 2.39 bits per heavy atom. The predicted molar refractivity (Wildman–Crippen MR) is 80.8 cm³/mol. The van der Waals surface area contributed by atoms with Crippen LogP contribution in [0, 0.1) is 0 Å². The van der Waals surface area contributed by atoms with Crippen LogP contribution in [0.2, 0.25) is 10.0 Å². The normalized spacial score (nSPS) is 14.0. The second kappa shape index (κ2) is 6.25. The first-order chi connectivity index (χ1) is 8.28. The molecule has 0 aliphatic heterocycles. The van der Waals surface area contributed by atoms with E-state index in [4.69, 9.17) is 23.2 Å². The van der Waals surface area contributed by atoms with E-state index in [1.165, 1.54) is 0 Å². The van der Waals surface area contributed by atoms with E-state index in [9.17, 15) is 0 Å². The van der Waals surface area contributed by atoms with Gasteiger partial charge in [-0.2, -0.15) is 0 Å². The van der Waals surface area contributed by atoms with Gasteiger partial charge in [0.15, 0.2) is 0 Å². The minimum atomic E-state index is 0.0282. The summed E-state index contributed by atoms with van der Waals surface area (Å²) in [6, 6.07) is 5.91. The van der Waals surface area contributed by atoms with Gasteiger partial charge in [-0.15, -0.1) is 0 Å². The van der Waals surface area contributed by atoms with Crippen LogP contribution in [0.1, 0.15) is 19.4 Å². The van der Waals surface area contributed by atoms with Crippen LogP contribution in [-0.2, 0) is 6.42 Å². The lowest BCUT2D eigenvalue weighted by Crippen LogP contribution is -2.55. The molecule has 0 amide bonds. The molecule has 0 bridgehead atoms. The molecular formula is C14H22Cl2N2. The highest BCUT2D eigenvalue weighted by Gasteiger charge is 2.30. The predicted octanol–water partition coefficient (Wildman–Crippen LogP) is 3.46. The fourth-order valence-electron chi connectivity index (χ4n) is 1.94. The SMILES string of the molecule is CNC(Cc1cc(Cl)ccc1Cl)C(C)(C)N(C)C. The summed E-state index contributed by atoms with van der Waals surface area (Å²) in [5.41, 5.74) is 1.11. The third-order valence-electron chi connectivity index (χ3n) is 3.79. The zero-order chi connectivity index (χ0) is 13.9. The Morgan fingerprint density at radius 1 is 1.28 bits per heavy atom. The van der Waals surface area contributed by atoms with Crippen molar-refractivity contribution in [3.05, 3.63) is 33.8 Å². The van der Waals surface area contributed by atoms with Gasteiger partial charge in [0.2, 0.25) is 0 Å². The van der Waals surface area contributed by atoms with Crippen molar-refractivity contribution in [2.75, 3.05) is 21.1 Å². The Hall–Kier alpha value is -0.280. The Balaban J connectivity index is 2.96. The van der Waals surface area contributed by atoms with Crippen molar-refractivity contribution in [2.24, 2.45) is 0 Å². The summed E-state index contributed by atoms with van der Waals surface area (Å²) >= 11 is 12.3. The van der Waals surface area contributed by atoms with Gasteiger partial charge in [0.25, 0.3) is 0 Å². The maximum atomic E-state index is 6.23. The Labute approximate surface area is 120 Å². The topological polar surface area (TPSA) is 15.3 Å². The molecule has 1 rings (SSSR count). The van der Waals surface area contributed by atoms with E-state index in [-0.39, 0.29) is 5.54 Å². The molecule has 0 aromatic heterocycles. The van der Waals surface area contributed by atoms with Crippen LogP contribution in [0.4, 0.5) is 0 Å². The molecule has 102 valence electrons. The van der Waals surface area contributed by atoms with Crippen molar-refractivity contribution >= 4 is 23.2 Å².